The summed E-state index contributed by atoms with van der Waals surface area (Å²) in [5.74, 6) is 2.52. The van der Waals surface area contributed by atoms with Crippen LogP contribution in [0.3, 0.4) is 0 Å². The molecule has 1 N–H and O–H groups in total. The average Bonchev–Trinajstić information content (AvgIpc) is 3.05. The van der Waals surface area contributed by atoms with Gasteiger partial charge in [-0.15, -0.1) is 24.0 Å². The van der Waals surface area contributed by atoms with Gasteiger partial charge in [-0.05, 0) is 24.7 Å². The third kappa shape index (κ3) is 6.26. The molecule has 2 unspecified atom stereocenters. The number of hydrogen-bond donors (Lipinski definition) is 1. The Morgan fingerprint density at radius 3 is 2.79 bits per heavy atom. The molecule has 2 rings (SSSR count). The van der Waals surface area contributed by atoms with Gasteiger partial charge in [0.25, 0.3) is 0 Å². The number of halogens is 1. The lowest BCUT2D eigenvalue weighted by molar-refractivity contribution is 0.189. The van der Waals surface area contributed by atoms with Crippen molar-refractivity contribution < 1.29 is 0 Å². The predicted octanol–water partition coefficient (Wildman–Crippen LogP) is 3.79. The SMILES string of the molecule is CN=C(NCCCCC(C)C)N1CCC(C)C(n2ccnc2)C1.I. The molecule has 0 bridgehead atoms. The van der Waals surface area contributed by atoms with E-state index < -0.39 is 0 Å². The molecule has 138 valence electrons. The van der Waals surface area contributed by atoms with Gasteiger partial charge in [0, 0.05) is 39.1 Å². The quantitative estimate of drug-likeness (QED) is 0.313. The molecule has 0 radical (unpaired) electrons. The van der Waals surface area contributed by atoms with Crippen molar-refractivity contribution in [2.75, 3.05) is 26.7 Å². The largest absolute Gasteiger partial charge is 0.356 e. The Balaban J connectivity index is 0.00000288. The van der Waals surface area contributed by atoms with Crippen LogP contribution in [0.1, 0.15) is 52.5 Å². The van der Waals surface area contributed by atoms with E-state index in [0.717, 1.165) is 31.5 Å². The fraction of sp³-hybridized carbons (Fsp3) is 0.778. The third-order valence-electron chi connectivity index (χ3n) is 4.83. The first kappa shape index (κ1) is 21.3. The van der Waals surface area contributed by atoms with Gasteiger partial charge in [0.05, 0.1) is 12.4 Å². The highest BCUT2D eigenvalue weighted by Gasteiger charge is 2.28. The van der Waals surface area contributed by atoms with Crippen LogP contribution in [-0.4, -0.2) is 47.1 Å². The van der Waals surface area contributed by atoms with Crippen molar-refractivity contribution >= 4 is 29.9 Å². The Labute approximate surface area is 164 Å². The van der Waals surface area contributed by atoms with Crippen LogP contribution < -0.4 is 5.32 Å². The molecule has 6 heteroatoms. The number of imidazole rings is 1. The first-order valence-electron chi connectivity index (χ1n) is 9.04. The van der Waals surface area contributed by atoms with Crippen LogP contribution in [0, 0.1) is 11.8 Å². The van der Waals surface area contributed by atoms with E-state index in [-0.39, 0.29) is 24.0 Å². The minimum atomic E-state index is 0. The van der Waals surface area contributed by atoms with Gasteiger partial charge in [0.2, 0.25) is 0 Å². The molecular weight excluding hydrogens is 413 g/mol. The Bertz CT molecular complexity index is 472. The number of unbranched alkanes of at least 4 members (excludes halogenated alkanes) is 1. The van der Waals surface area contributed by atoms with Gasteiger partial charge in [0.1, 0.15) is 0 Å². The average molecular weight is 447 g/mol. The smallest absolute Gasteiger partial charge is 0.193 e. The summed E-state index contributed by atoms with van der Waals surface area (Å²) in [5.41, 5.74) is 0. The third-order valence-corrected chi connectivity index (χ3v) is 4.83. The van der Waals surface area contributed by atoms with Crippen LogP contribution in [0.5, 0.6) is 0 Å². The molecule has 1 aromatic heterocycles. The molecule has 1 aliphatic heterocycles. The minimum Gasteiger partial charge on any atom is -0.356 e. The molecule has 0 spiro atoms. The molecule has 2 atom stereocenters. The molecule has 1 aliphatic rings. The molecule has 0 saturated carbocycles. The summed E-state index contributed by atoms with van der Waals surface area (Å²) in [6.07, 6.45) is 10.9. The van der Waals surface area contributed by atoms with E-state index in [9.17, 15) is 0 Å². The summed E-state index contributed by atoms with van der Waals surface area (Å²) in [4.78, 5) is 11.1. The number of likely N-dealkylation sites (tertiary alicyclic amines) is 1. The summed E-state index contributed by atoms with van der Waals surface area (Å²) >= 11 is 0. The number of aliphatic imine (C=N–C) groups is 1. The standard InChI is InChI=1S/C18H33N5.HI/c1-15(2)7-5-6-9-21-18(19-4)22-11-8-16(3)17(13-22)23-12-10-20-14-23;/h10,12,14-17H,5-9,11,13H2,1-4H3,(H,19,21);1H. The molecule has 1 saturated heterocycles. The zero-order valence-electron chi connectivity index (χ0n) is 15.6. The van der Waals surface area contributed by atoms with E-state index in [1.54, 1.807) is 0 Å². The summed E-state index contributed by atoms with van der Waals surface area (Å²) < 4.78 is 2.24. The molecular formula is C18H34IN5. The van der Waals surface area contributed by atoms with Crippen molar-refractivity contribution in [1.82, 2.24) is 19.8 Å². The van der Waals surface area contributed by atoms with Crippen molar-refractivity contribution in [2.45, 2.75) is 52.5 Å². The molecule has 0 aromatic carbocycles. The maximum Gasteiger partial charge on any atom is 0.193 e. The molecule has 1 fully saturated rings. The second-order valence-electron chi connectivity index (χ2n) is 7.15. The topological polar surface area (TPSA) is 45.5 Å². The molecule has 2 heterocycles. The first-order chi connectivity index (χ1) is 11.1. The molecule has 5 nitrogen and oxygen atoms in total. The first-order valence-corrected chi connectivity index (χ1v) is 9.04. The van der Waals surface area contributed by atoms with Crippen molar-refractivity contribution in [3.63, 3.8) is 0 Å². The van der Waals surface area contributed by atoms with Crippen molar-refractivity contribution in [3.05, 3.63) is 18.7 Å². The Morgan fingerprint density at radius 1 is 1.38 bits per heavy atom. The second-order valence-corrected chi connectivity index (χ2v) is 7.15. The summed E-state index contributed by atoms with van der Waals surface area (Å²) in [7, 11) is 1.89. The van der Waals surface area contributed by atoms with Gasteiger partial charge in [0.15, 0.2) is 5.96 Å². The number of guanidine groups is 1. The highest BCUT2D eigenvalue weighted by Crippen LogP contribution is 2.27. The number of rotatable bonds is 6. The normalized spacial score (nSPS) is 21.7. The van der Waals surface area contributed by atoms with Gasteiger partial charge in [-0.2, -0.15) is 0 Å². The van der Waals surface area contributed by atoms with Gasteiger partial charge in [-0.25, -0.2) is 4.98 Å². The lowest BCUT2D eigenvalue weighted by Gasteiger charge is -2.39. The predicted molar refractivity (Wildman–Crippen MR) is 112 cm³/mol. The number of piperidine rings is 1. The van der Waals surface area contributed by atoms with Crippen molar-refractivity contribution in [2.24, 2.45) is 16.8 Å². The van der Waals surface area contributed by atoms with E-state index in [1.807, 2.05) is 19.6 Å². The van der Waals surface area contributed by atoms with E-state index in [0.29, 0.717) is 12.0 Å². The number of aromatic nitrogens is 2. The Hall–Kier alpha value is -0.790. The maximum absolute atomic E-state index is 4.49. The van der Waals surface area contributed by atoms with Crippen molar-refractivity contribution in [3.8, 4) is 0 Å². The molecule has 1 aromatic rings. The minimum absolute atomic E-state index is 0. The lowest BCUT2D eigenvalue weighted by atomic mass is 9.93. The zero-order valence-corrected chi connectivity index (χ0v) is 17.9. The van der Waals surface area contributed by atoms with Crippen LogP contribution in [0.15, 0.2) is 23.7 Å². The molecule has 0 aliphatic carbocycles. The summed E-state index contributed by atoms with van der Waals surface area (Å²) in [6, 6.07) is 0.478. The summed E-state index contributed by atoms with van der Waals surface area (Å²) in [5, 5.41) is 3.54. The fourth-order valence-corrected chi connectivity index (χ4v) is 3.31. The van der Waals surface area contributed by atoms with Crippen LogP contribution in [0.2, 0.25) is 0 Å². The van der Waals surface area contributed by atoms with E-state index in [4.69, 9.17) is 0 Å². The van der Waals surface area contributed by atoms with Gasteiger partial charge in [-0.3, -0.25) is 4.99 Å². The molecule has 24 heavy (non-hydrogen) atoms. The Kier molecular flexibility index (Phi) is 9.69. The maximum atomic E-state index is 4.49. The number of hydrogen-bond acceptors (Lipinski definition) is 2. The monoisotopic (exact) mass is 447 g/mol. The van der Waals surface area contributed by atoms with Gasteiger partial charge >= 0.3 is 0 Å². The number of nitrogens with zero attached hydrogens (tertiary/aromatic N) is 4. The van der Waals surface area contributed by atoms with Crippen LogP contribution in [0.25, 0.3) is 0 Å². The van der Waals surface area contributed by atoms with Crippen molar-refractivity contribution in [1.29, 1.82) is 0 Å². The van der Waals surface area contributed by atoms with Crippen LogP contribution in [-0.2, 0) is 0 Å². The summed E-state index contributed by atoms with van der Waals surface area (Å²) in [6.45, 7) is 10.0. The highest BCUT2D eigenvalue weighted by atomic mass is 127. The highest BCUT2D eigenvalue weighted by molar-refractivity contribution is 14.0. The van der Waals surface area contributed by atoms with Gasteiger partial charge < -0.3 is 14.8 Å². The second kappa shape index (κ2) is 10.9. The fourth-order valence-electron chi connectivity index (χ4n) is 3.31. The lowest BCUT2D eigenvalue weighted by Crippen LogP contribution is -2.49. The number of nitrogens with one attached hydrogen (secondary N) is 1. The van der Waals surface area contributed by atoms with Gasteiger partial charge in [-0.1, -0.05) is 33.6 Å². The van der Waals surface area contributed by atoms with Crippen LogP contribution >= 0.6 is 24.0 Å². The van der Waals surface area contributed by atoms with Crippen LogP contribution in [0.4, 0.5) is 0 Å². The zero-order chi connectivity index (χ0) is 16.7. The van der Waals surface area contributed by atoms with E-state index in [1.165, 1.54) is 25.7 Å². The Morgan fingerprint density at radius 2 is 2.17 bits per heavy atom. The van der Waals surface area contributed by atoms with E-state index in [2.05, 4.69) is 51.7 Å². The molecule has 0 amide bonds. The van der Waals surface area contributed by atoms with E-state index >= 15 is 0 Å².